The normalized spacial score (nSPS) is 10.9. The van der Waals surface area contributed by atoms with Gasteiger partial charge in [0.1, 0.15) is 0 Å². The second-order valence-electron chi connectivity index (χ2n) is 5.66. The third-order valence-electron chi connectivity index (χ3n) is 3.74. The van der Waals surface area contributed by atoms with Gasteiger partial charge in [0, 0.05) is 18.0 Å². The molecule has 0 fully saturated rings. The molecule has 0 bridgehead atoms. The van der Waals surface area contributed by atoms with Gasteiger partial charge >= 0.3 is 0 Å². The first-order valence-corrected chi connectivity index (χ1v) is 8.82. The van der Waals surface area contributed by atoms with E-state index >= 15 is 0 Å². The predicted octanol–water partition coefficient (Wildman–Crippen LogP) is 3.17. The zero-order valence-corrected chi connectivity index (χ0v) is 16.0. The molecule has 2 N–H and O–H groups in total. The smallest absolute Gasteiger partial charge is 0.271 e. The molecule has 0 atom stereocenters. The Balaban J connectivity index is 1.67. The number of aromatic nitrogens is 2. The summed E-state index contributed by atoms with van der Waals surface area (Å²) < 4.78 is 7.34. The third kappa shape index (κ3) is 4.73. The fourth-order valence-corrected chi connectivity index (χ4v) is 2.91. The molecule has 0 spiro atoms. The van der Waals surface area contributed by atoms with Gasteiger partial charge in [0.25, 0.3) is 5.91 Å². The first kappa shape index (κ1) is 18.7. The summed E-state index contributed by atoms with van der Waals surface area (Å²) in [5, 5.41) is 17.9. The molecule has 0 saturated carbocycles. The zero-order chi connectivity index (χ0) is 19.2. The summed E-state index contributed by atoms with van der Waals surface area (Å²) in [7, 11) is 1.46. The number of hydrogen-bond acceptors (Lipinski definition) is 5. The number of nitrogens with zero attached hydrogens (tertiary/aromatic N) is 3. The Labute approximate surface area is 164 Å². The Morgan fingerprint density at radius 3 is 2.96 bits per heavy atom. The van der Waals surface area contributed by atoms with Crippen LogP contribution in [0.2, 0.25) is 0 Å². The van der Waals surface area contributed by atoms with Crippen LogP contribution in [0, 0.1) is 0 Å². The molecule has 2 aromatic carbocycles. The van der Waals surface area contributed by atoms with Gasteiger partial charge in [0.2, 0.25) is 0 Å². The van der Waals surface area contributed by atoms with Crippen molar-refractivity contribution in [3.8, 4) is 11.5 Å². The molecule has 8 heteroatoms. The molecular formula is C19H17BrN4O3. The Hall–Kier alpha value is -3.13. The van der Waals surface area contributed by atoms with Gasteiger partial charge in [0.05, 0.1) is 24.3 Å². The largest absolute Gasteiger partial charge is 0.503 e. The Morgan fingerprint density at radius 1 is 1.37 bits per heavy atom. The van der Waals surface area contributed by atoms with E-state index in [2.05, 4.69) is 31.6 Å². The van der Waals surface area contributed by atoms with Crippen LogP contribution < -0.4 is 10.2 Å². The Bertz CT molecular complexity index is 971. The molecule has 3 rings (SSSR count). The molecule has 3 aromatic rings. The lowest BCUT2D eigenvalue weighted by atomic mass is 10.1. The summed E-state index contributed by atoms with van der Waals surface area (Å²) in [4.78, 5) is 12.3. The average molecular weight is 429 g/mol. The monoisotopic (exact) mass is 428 g/mol. The molecule has 1 heterocycles. The SMILES string of the molecule is COc1cc(/C=N/NC(=O)c2cccc(Cn3cccn3)c2)cc(Br)c1O. The average Bonchev–Trinajstić information content (AvgIpc) is 3.17. The highest BCUT2D eigenvalue weighted by molar-refractivity contribution is 9.10. The van der Waals surface area contributed by atoms with Crippen LogP contribution in [0.1, 0.15) is 21.5 Å². The number of phenols is 1. The Kier molecular flexibility index (Phi) is 5.87. The molecule has 1 amide bonds. The maximum atomic E-state index is 12.3. The van der Waals surface area contributed by atoms with Gasteiger partial charge in [-0.3, -0.25) is 9.48 Å². The molecule has 27 heavy (non-hydrogen) atoms. The summed E-state index contributed by atoms with van der Waals surface area (Å²) in [6.07, 6.45) is 5.04. The van der Waals surface area contributed by atoms with Gasteiger partial charge in [-0.1, -0.05) is 12.1 Å². The van der Waals surface area contributed by atoms with Crippen molar-refractivity contribution in [3.05, 3.63) is 76.0 Å². The van der Waals surface area contributed by atoms with E-state index in [0.29, 0.717) is 27.9 Å². The molecule has 0 aliphatic heterocycles. The molecular weight excluding hydrogens is 412 g/mol. The van der Waals surface area contributed by atoms with Crippen LogP contribution in [0.5, 0.6) is 11.5 Å². The highest BCUT2D eigenvalue weighted by Gasteiger charge is 2.08. The number of benzene rings is 2. The summed E-state index contributed by atoms with van der Waals surface area (Å²) >= 11 is 3.24. The number of hydrazone groups is 1. The van der Waals surface area contributed by atoms with Crippen LogP contribution >= 0.6 is 15.9 Å². The highest BCUT2D eigenvalue weighted by atomic mass is 79.9. The number of methoxy groups -OCH3 is 1. The van der Waals surface area contributed by atoms with Crippen molar-refractivity contribution in [2.45, 2.75) is 6.54 Å². The Morgan fingerprint density at radius 2 is 2.22 bits per heavy atom. The number of nitrogens with one attached hydrogen (secondary N) is 1. The maximum absolute atomic E-state index is 12.3. The van der Waals surface area contributed by atoms with Crippen molar-refractivity contribution < 1.29 is 14.6 Å². The second-order valence-corrected chi connectivity index (χ2v) is 6.51. The topological polar surface area (TPSA) is 88.7 Å². The van der Waals surface area contributed by atoms with E-state index in [4.69, 9.17) is 4.74 Å². The van der Waals surface area contributed by atoms with Gasteiger partial charge in [0.15, 0.2) is 11.5 Å². The van der Waals surface area contributed by atoms with E-state index in [1.165, 1.54) is 13.3 Å². The minimum atomic E-state index is -0.321. The minimum absolute atomic E-state index is 0.00711. The lowest BCUT2D eigenvalue weighted by Crippen LogP contribution is -2.18. The van der Waals surface area contributed by atoms with E-state index < -0.39 is 0 Å². The van der Waals surface area contributed by atoms with Crippen molar-refractivity contribution in [1.29, 1.82) is 0 Å². The third-order valence-corrected chi connectivity index (χ3v) is 4.35. The lowest BCUT2D eigenvalue weighted by Gasteiger charge is -2.06. The second kappa shape index (κ2) is 8.50. The van der Waals surface area contributed by atoms with Crippen molar-refractivity contribution >= 4 is 28.1 Å². The number of hydrogen-bond donors (Lipinski definition) is 2. The molecule has 0 aliphatic rings. The fourth-order valence-electron chi connectivity index (χ4n) is 2.45. The molecule has 7 nitrogen and oxygen atoms in total. The molecule has 0 unspecified atom stereocenters. The summed E-state index contributed by atoms with van der Waals surface area (Å²) in [5.74, 6) is -0.00506. The van der Waals surface area contributed by atoms with Crippen LogP contribution in [0.15, 0.2) is 64.4 Å². The van der Waals surface area contributed by atoms with E-state index in [-0.39, 0.29) is 11.7 Å². The molecule has 138 valence electrons. The number of amides is 1. The first-order chi connectivity index (χ1) is 13.1. The molecule has 1 aromatic heterocycles. The first-order valence-electron chi connectivity index (χ1n) is 8.03. The van der Waals surface area contributed by atoms with Gasteiger partial charge in [-0.15, -0.1) is 0 Å². The molecule has 0 radical (unpaired) electrons. The van der Waals surface area contributed by atoms with Crippen LogP contribution in [0.3, 0.4) is 0 Å². The molecule has 0 aliphatic carbocycles. The zero-order valence-electron chi connectivity index (χ0n) is 14.5. The van der Waals surface area contributed by atoms with E-state index in [0.717, 1.165) is 5.56 Å². The van der Waals surface area contributed by atoms with Gasteiger partial charge in [-0.2, -0.15) is 10.2 Å². The summed E-state index contributed by atoms with van der Waals surface area (Å²) in [6.45, 7) is 0.582. The maximum Gasteiger partial charge on any atom is 0.271 e. The number of halogens is 1. The van der Waals surface area contributed by atoms with Crippen molar-refractivity contribution in [2.24, 2.45) is 5.10 Å². The van der Waals surface area contributed by atoms with Crippen molar-refractivity contribution in [2.75, 3.05) is 7.11 Å². The minimum Gasteiger partial charge on any atom is -0.503 e. The predicted molar refractivity (Wildman–Crippen MR) is 105 cm³/mol. The number of carbonyl (C=O) groups excluding carboxylic acids is 1. The fraction of sp³-hybridized carbons (Fsp3) is 0.105. The van der Waals surface area contributed by atoms with Crippen molar-refractivity contribution in [1.82, 2.24) is 15.2 Å². The quantitative estimate of drug-likeness (QED) is 0.466. The summed E-state index contributed by atoms with van der Waals surface area (Å²) in [5.41, 5.74) is 4.61. The van der Waals surface area contributed by atoms with E-state index in [1.807, 2.05) is 24.4 Å². The number of ether oxygens (including phenoxy) is 1. The van der Waals surface area contributed by atoms with Crippen LogP contribution in [-0.2, 0) is 6.54 Å². The summed E-state index contributed by atoms with van der Waals surface area (Å²) in [6, 6.07) is 12.4. The van der Waals surface area contributed by atoms with E-state index in [1.54, 1.807) is 35.1 Å². The molecule has 0 saturated heterocycles. The lowest BCUT2D eigenvalue weighted by molar-refractivity contribution is 0.0955. The number of phenolic OH excluding ortho intramolecular Hbond substituents is 1. The van der Waals surface area contributed by atoms with Crippen LogP contribution in [0.4, 0.5) is 0 Å². The van der Waals surface area contributed by atoms with Crippen molar-refractivity contribution in [3.63, 3.8) is 0 Å². The van der Waals surface area contributed by atoms with Gasteiger partial charge in [-0.25, -0.2) is 5.43 Å². The highest BCUT2D eigenvalue weighted by Crippen LogP contribution is 2.34. The number of aromatic hydroxyl groups is 1. The van der Waals surface area contributed by atoms with Gasteiger partial charge in [-0.05, 0) is 57.4 Å². The van der Waals surface area contributed by atoms with Crippen LogP contribution in [0.25, 0.3) is 0 Å². The standard InChI is InChI=1S/C19H17BrN4O3/c1-27-17-10-14(9-16(20)18(17)25)11-21-23-19(26)15-5-2-4-13(8-15)12-24-7-3-6-22-24/h2-11,25H,12H2,1H3,(H,23,26)/b21-11+. The number of carbonyl (C=O) groups is 1. The number of rotatable bonds is 6. The van der Waals surface area contributed by atoms with Gasteiger partial charge < -0.3 is 9.84 Å². The van der Waals surface area contributed by atoms with E-state index in [9.17, 15) is 9.90 Å². The van der Waals surface area contributed by atoms with Crippen LogP contribution in [-0.4, -0.2) is 34.1 Å².